The van der Waals surface area contributed by atoms with E-state index in [-0.39, 0.29) is 6.17 Å². The topological polar surface area (TPSA) is 77.3 Å². The normalized spacial score (nSPS) is 29.5. The van der Waals surface area contributed by atoms with Gasteiger partial charge in [0.05, 0.1) is 29.1 Å². The minimum atomic E-state index is 0.0115. The maximum absolute atomic E-state index is 5.03. The van der Waals surface area contributed by atoms with E-state index in [9.17, 15) is 0 Å². The fraction of sp³-hybridized carbons (Fsp3) is 0.391. The number of benzene rings is 1. The van der Waals surface area contributed by atoms with Crippen molar-refractivity contribution >= 4 is 28.3 Å². The molecule has 1 aromatic heterocycles. The van der Waals surface area contributed by atoms with Gasteiger partial charge in [-0.1, -0.05) is 12.1 Å². The molecule has 3 aliphatic heterocycles. The van der Waals surface area contributed by atoms with Crippen LogP contribution in [0.1, 0.15) is 31.7 Å². The number of amidine groups is 2. The molecule has 1 fully saturated rings. The van der Waals surface area contributed by atoms with E-state index in [0.29, 0.717) is 18.0 Å². The van der Waals surface area contributed by atoms with Crippen molar-refractivity contribution in [1.29, 1.82) is 0 Å². The Balaban J connectivity index is 1.20. The Morgan fingerprint density at radius 2 is 2.17 bits per heavy atom. The summed E-state index contributed by atoms with van der Waals surface area (Å²) in [6.07, 6.45) is 10.3. The third-order valence-corrected chi connectivity index (χ3v) is 6.54. The molecular formula is C23H25N7. The van der Waals surface area contributed by atoms with Crippen molar-refractivity contribution in [2.75, 3.05) is 0 Å². The van der Waals surface area contributed by atoms with E-state index in [4.69, 9.17) is 10.1 Å². The predicted molar refractivity (Wildman–Crippen MR) is 119 cm³/mol. The number of fused-ring (bicyclic) bond motifs is 3. The second-order valence-electron chi connectivity index (χ2n) is 8.58. The Morgan fingerprint density at radius 3 is 3.13 bits per heavy atom. The average Bonchev–Trinajstić information content (AvgIpc) is 3.35. The zero-order chi connectivity index (χ0) is 20.1. The quantitative estimate of drug-likeness (QED) is 0.832. The monoisotopic (exact) mass is 399 g/mol. The lowest BCUT2D eigenvalue weighted by molar-refractivity contribution is 0.326. The molecule has 0 spiro atoms. The molecular weight excluding hydrogens is 374 g/mol. The number of aliphatic imine (C=N–C) groups is 1. The number of hydrogen-bond acceptors (Lipinski definition) is 7. The van der Waals surface area contributed by atoms with Gasteiger partial charge in [0.1, 0.15) is 0 Å². The minimum Gasteiger partial charge on any atom is -0.369 e. The molecule has 0 radical (unpaired) electrons. The zero-order valence-electron chi connectivity index (χ0n) is 17.0. The average molecular weight is 400 g/mol. The number of nitrogens with zero attached hydrogens (tertiary/aromatic N) is 5. The van der Waals surface area contributed by atoms with Gasteiger partial charge in [-0.2, -0.15) is 10.2 Å². The Hall–Kier alpha value is -3.22. The number of hydrazone groups is 2. The van der Waals surface area contributed by atoms with Gasteiger partial charge in [-0.25, -0.2) is 5.01 Å². The number of allylic oxidation sites excluding steroid dienone is 1. The van der Waals surface area contributed by atoms with E-state index in [0.717, 1.165) is 54.0 Å². The fourth-order valence-corrected chi connectivity index (χ4v) is 5.04. The highest BCUT2D eigenvalue weighted by Gasteiger charge is 2.37. The van der Waals surface area contributed by atoms with Crippen LogP contribution < -0.4 is 10.7 Å². The van der Waals surface area contributed by atoms with Crippen LogP contribution in [0.15, 0.2) is 63.9 Å². The van der Waals surface area contributed by atoms with E-state index in [1.54, 1.807) is 0 Å². The first-order valence-corrected chi connectivity index (χ1v) is 10.8. The van der Waals surface area contributed by atoms with Crippen LogP contribution in [0.3, 0.4) is 0 Å². The van der Waals surface area contributed by atoms with Crippen molar-refractivity contribution in [2.24, 2.45) is 21.1 Å². The van der Waals surface area contributed by atoms with Gasteiger partial charge in [0.2, 0.25) is 0 Å². The molecule has 4 atom stereocenters. The smallest absolute Gasteiger partial charge is 0.157 e. The van der Waals surface area contributed by atoms with Crippen LogP contribution in [-0.4, -0.2) is 45.6 Å². The first-order valence-electron chi connectivity index (χ1n) is 10.8. The summed E-state index contributed by atoms with van der Waals surface area (Å²) in [6, 6.07) is 11.4. The highest BCUT2D eigenvalue weighted by atomic mass is 15.6. The Kier molecular flexibility index (Phi) is 4.07. The molecule has 1 aliphatic carbocycles. The summed E-state index contributed by atoms with van der Waals surface area (Å²) >= 11 is 0. The highest BCUT2D eigenvalue weighted by Crippen LogP contribution is 2.32. The zero-order valence-corrected chi connectivity index (χ0v) is 17.0. The minimum absolute atomic E-state index is 0.0115. The summed E-state index contributed by atoms with van der Waals surface area (Å²) in [6.45, 7) is 2.07. The summed E-state index contributed by atoms with van der Waals surface area (Å²) in [4.78, 5) is 9.14. The van der Waals surface area contributed by atoms with Crippen LogP contribution >= 0.6 is 0 Å². The maximum Gasteiger partial charge on any atom is 0.157 e. The Bertz CT molecular complexity index is 1120. The Morgan fingerprint density at radius 1 is 1.20 bits per heavy atom. The lowest BCUT2D eigenvalue weighted by Gasteiger charge is -2.33. The number of nitrogens with one attached hydrogen (secondary N) is 2. The lowest BCUT2D eigenvalue weighted by atomic mass is 9.80. The van der Waals surface area contributed by atoms with E-state index >= 15 is 0 Å². The largest absolute Gasteiger partial charge is 0.369 e. The van der Waals surface area contributed by atoms with E-state index in [2.05, 4.69) is 69.2 Å². The predicted octanol–water partition coefficient (Wildman–Crippen LogP) is 2.81. The molecule has 7 nitrogen and oxygen atoms in total. The molecule has 0 amide bonds. The molecule has 2 aromatic rings. The van der Waals surface area contributed by atoms with Crippen molar-refractivity contribution in [3.8, 4) is 0 Å². The summed E-state index contributed by atoms with van der Waals surface area (Å²) in [5.74, 6) is 2.50. The van der Waals surface area contributed by atoms with Gasteiger partial charge in [-0.05, 0) is 62.1 Å². The summed E-state index contributed by atoms with van der Waals surface area (Å²) < 4.78 is 0. The van der Waals surface area contributed by atoms with Gasteiger partial charge in [0.15, 0.2) is 12.0 Å². The van der Waals surface area contributed by atoms with Crippen LogP contribution in [0.25, 0.3) is 10.9 Å². The van der Waals surface area contributed by atoms with Gasteiger partial charge in [0.25, 0.3) is 0 Å². The van der Waals surface area contributed by atoms with Crippen molar-refractivity contribution in [2.45, 2.75) is 50.9 Å². The number of hydrogen-bond donors (Lipinski definition) is 2. The number of rotatable bonds is 3. The van der Waals surface area contributed by atoms with Crippen LogP contribution in [0, 0.1) is 5.92 Å². The molecule has 30 heavy (non-hydrogen) atoms. The van der Waals surface area contributed by atoms with Crippen LogP contribution in [0.4, 0.5) is 0 Å². The summed E-state index contributed by atoms with van der Waals surface area (Å²) in [5.41, 5.74) is 6.60. The lowest BCUT2D eigenvalue weighted by Crippen LogP contribution is -2.43. The molecule has 4 unspecified atom stereocenters. The van der Waals surface area contributed by atoms with Crippen LogP contribution in [0.2, 0.25) is 0 Å². The third-order valence-electron chi connectivity index (χ3n) is 6.54. The molecule has 7 heteroatoms. The van der Waals surface area contributed by atoms with Crippen LogP contribution in [0.5, 0.6) is 0 Å². The van der Waals surface area contributed by atoms with Crippen LogP contribution in [-0.2, 0) is 6.42 Å². The van der Waals surface area contributed by atoms with Gasteiger partial charge >= 0.3 is 0 Å². The van der Waals surface area contributed by atoms with E-state index in [1.165, 1.54) is 5.56 Å². The summed E-state index contributed by atoms with van der Waals surface area (Å²) in [7, 11) is 0. The molecule has 152 valence electrons. The first-order chi connectivity index (χ1) is 14.7. The number of pyridine rings is 1. The molecule has 2 N–H and O–H groups in total. The van der Waals surface area contributed by atoms with Gasteiger partial charge < -0.3 is 5.32 Å². The molecule has 0 bridgehead atoms. The van der Waals surface area contributed by atoms with Gasteiger partial charge in [-0.15, -0.1) is 0 Å². The number of aromatic nitrogens is 1. The van der Waals surface area contributed by atoms with Gasteiger partial charge in [-0.3, -0.25) is 15.4 Å². The standard InChI is InChI=1S/C23H25N7/c1-14-25-20-7-5-17(13-21(20)26-14)19-8-9-22-27-28-23(30(22)29-19)12-15-4-6-18-16(11-15)3-2-10-24-18/h2-4,6,8-11,17,20-22,27H,5,7,12-13H2,1H3,(H,25,26). The Labute approximate surface area is 175 Å². The van der Waals surface area contributed by atoms with Crippen molar-refractivity contribution < 1.29 is 0 Å². The second-order valence-corrected chi connectivity index (χ2v) is 8.58. The molecule has 4 heterocycles. The summed E-state index contributed by atoms with van der Waals surface area (Å²) in [5, 5.41) is 16.4. The second kappa shape index (κ2) is 6.93. The van der Waals surface area contributed by atoms with Crippen molar-refractivity contribution in [3.05, 3.63) is 54.2 Å². The highest BCUT2D eigenvalue weighted by molar-refractivity contribution is 6.00. The molecule has 0 saturated heterocycles. The first kappa shape index (κ1) is 17.6. The maximum atomic E-state index is 5.03. The van der Waals surface area contributed by atoms with E-state index in [1.807, 2.05) is 12.3 Å². The van der Waals surface area contributed by atoms with Gasteiger partial charge in [0, 0.05) is 23.9 Å². The fourth-order valence-electron chi connectivity index (χ4n) is 5.04. The molecule has 1 aromatic carbocycles. The van der Waals surface area contributed by atoms with Crippen molar-refractivity contribution in [1.82, 2.24) is 20.7 Å². The molecule has 1 saturated carbocycles. The van der Waals surface area contributed by atoms with Crippen molar-refractivity contribution in [3.63, 3.8) is 0 Å². The molecule has 6 rings (SSSR count). The van der Waals surface area contributed by atoms with E-state index < -0.39 is 0 Å². The SMILES string of the molecule is CC1=NC2CCC(C3=NN4C(Cc5ccc6ncccc6c5)=NNC4C=C3)CC2N1. The third kappa shape index (κ3) is 3.05. The molecule has 4 aliphatic rings.